The van der Waals surface area contributed by atoms with Gasteiger partial charge in [-0.3, -0.25) is 4.79 Å². The SMILES string of the molecule is CC(Cc1cccc(Br)c1)NC(=O)C(N)CCS(C)(=O)=O.Cl. The highest BCUT2D eigenvalue weighted by Gasteiger charge is 2.17. The number of nitrogens with two attached hydrogens (primary N) is 1. The molecule has 0 saturated carbocycles. The average Bonchev–Trinajstić information content (AvgIpc) is 2.34. The number of amides is 1. The number of hydrogen-bond donors (Lipinski definition) is 2. The van der Waals surface area contributed by atoms with Gasteiger partial charge in [-0.25, -0.2) is 8.42 Å². The maximum atomic E-state index is 11.9. The zero-order valence-electron chi connectivity index (χ0n) is 12.6. The van der Waals surface area contributed by atoms with Gasteiger partial charge in [0.05, 0.1) is 11.8 Å². The van der Waals surface area contributed by atoms with E-state index in [1.807, 2.05) is 31.2 Å². The summed E-state index contributed by atoms with van der Waals surface area (Å²) in [6, 6.07) is 6.98. The minimum absolute atomic E-state index is 0. The molecule has 0 radical (unpaired) electrons. The standard InChI is InChI=1S/C14H21BrN2O3S.ClH/c1-10(8-11-4-3-5-12(15)9-11)17-14(18)13(16)6-7-21(2,19)20;/h3-5,9-10,13H,6-8,16H2,1-2H3,(H,17,18);1H. The molecular formula is C14H22BrClN2O3S. The molecule has 0 spiro atoms. The van der Waals surface area contributed by atoms with Crippen molar-refractivity contribution in [3.05, 3.63) is 34.3 Å². The van der Waals surface area contributed by atoms with Crippen molar-refractivity contribution in [2.24, 2.45) is 5.73 Å². The highest BCUT2D eigenvalue weighted by atomic mass is 79.9. The largest absolute Gasteiger partial charge is 0.352 e. The Labute approximate surface area is 146 Å². The quantitative estimate of drug-likeness (QED) is 0.712. The molecule has 0 aromatic heterocycles. The highest BCUT2D eigenvalue weighted by Crippen LogP contribution is 2.13. The zero-order valence-corrected chi connectivity index (χ0v) is 15.8. The maximum absolute atomic E-state index is 11.9. The maximum Gasteiger partial charge on any atom is 0.237 e. The van der Waals surface area contributed by atoms with Crippen LogP contribution in [0.4, 0.5) is 0 Å². The molecule has 0 aliphatic heterocycles. The van der Waals surface area contributed by atoms with Crippen molar-refractivity contribution in [1.29, 1.82) is 0 Å². The Morgan fingerprint density at radius 2 is 2.05 bits per heavy atom. The van der Waals surface area contributed by atoms with E-state index in [-0.39, 0.29) is 36.5 Å². The molecule has 0 saturated heterocycles. The van der Waals surface area contributed by atoms with Gasteiger partial charge in [-0.1, -0.05) is 28.1 Å². The summed E-state index contributed by atoms with van der Waals surface area (Å²) in [4.78, 5) is 11.9. The van der Waals surface area contributed by atoms with Gasteiger partial charge in [0.25, 0.3) is 0 Å². The summed E-state index contributed by atoms with van der Waals surface area (Å²) < 4.78 is 23.1. The Balaban J connectivity index is 0.00000441. The van der Waals surface area contributed by atoms with E-state index in [0.717, 1.165) is 16.3 Å². The van der Waals surface area contributed by atoms with Gasteiger partial charge < -0.3 is 11.1 Å². The van der Waals surface area contributed by atoms with Gasteiger partial charge in [-0.15, -0.1) is 12.4 Å². The number of halogens is 2. The number of rotatable bonds is 7. The molecular weight excluding hydrogens is 392 g/mol. The molecule has 3 N–H and O–H groups in total. The third-order valence-corrected chi connectivity index (χ3v) is 4.43. The Hall–Kier alpha value is -0.630. The summed E-state index contributed by atoms with van der Waals surface area (Å²) in [7, 11) is -3.10. The van der Waals surface area contributed by atoms with Crippen LogP contribution in [0, 0.1) is 0 Å². The van der Waals surface area contributed by atoms with Crippen LogP contribution < -0.4 is 11.1 Å². The van der Waals surface area contributed by atoms with Crippen LogP contribution in [-0.4, -0.2) is 38.4 Å². The molecule has 5 nitrogen and oxygen atoms in total. The van der Waals surface area contributed by atoms with Gasteiger partial charge >= 0.3 is 0 Å². The first-order chi connectivity index (χ1) is 9.67. The van der Waals surface area contributed by atoms with Crippen LogP contribution in [0.3, 0.4) is 0 Å². The Morgan fingerprint density at radius 1 is 1.41 bits per heavy atom. The van der Waals surface area contributed by atoms with E-state index in [9.17, 15) is 13.2 Å². The zero-order chi connectivity index (χ0) is 16.0. The van der Waals surface area contributed by atoms with Crippen LogP contribution in [0.15, 0.2) is 28.7 Å². The number of carbonyl (C=O) groups excluding carboxylic acids is 1. The molecule has 8 heteroatoms. The van der Waals surface area contributed by atoms with E-state index in [1.165, 1.54) is 0 Å². The van der Waals surface area contributed by atoms with Crippen molar-refractivity contribution in [3.8, 4) is 0 Å². The number of hydrogen-bond acceptors (Lipinski definition) is 4. The molecule has 22 heavy (non-hydrogen) atoms. The lowest BCUT2D eigenvalue weighted by molar-refractivity contribution is -0.122. The average molecular weight is 414 g/mol. The first-order valence-corrected chi connectivity index (χ1v) is 9.51. The summed E-state index contributed by atoms with van der Waals surface area (Å²) in [6.45, 7) is 1.89. The molecule has 0 bridgehead atoms. The minimum Gasteiger partial charge on any atom is -0.352 e. The molecule has 0 fully saturated rings. The Kier molecular flexibility index (Phi) is 9.22. The van der Waals surface area contributed by atoms with Crippen LogP contribution in [0.5, 0.6) is 0 Å². The molecule has 1 aromatic carbocycles. The normalized spacial score (nSPS) is 13.8. The van der Waals surface area contributed by atoms with Crippen molar-refractivity contribution < 1.29 is 13.2 Å². The topological polar surface area (TPSA) is 89.3 Å². The molecule has 0 aliphatic carbocycles. The molecule has 0 heterocycles. The lowest BCUT2D eigenvalue weighted by Crippen LogP contribution is -2.45. The summed E-state index contributed by atoms with van der Waals surface area (Å²) in [5, 5.41) is 2.81. The molecule has 126 valence electrons. The third kappa shape index (κ3) is 8.73. The lowest BCUT2D eigenvalue weighted by Gasteiger charge is -2.17. The fraction of sp³-hybridized carbons (Fsp3) is 0.500. The molecule has 2 unspecified atom stereocenters. The predicted molar refractivity (Wildman–Crippen MR) is 95.0 cm³/mol. The molecule has 1 aromatic rings. The summed E-state index contributed by atoms with van der Waals surface area (Å²) >= 11 is 3.40. The van der Waals surface area contributed by atoms with Gasteiger partial charge in [-0.2, -0.15) is 0 Å². The first kappa shape index (κ1) is 21.4. The van der Waals surface area contributed by atoms with E-state index in [2.05, 4.69) is 21.2 Å². The number of nitrogens with one attached hydrogen (secondary N) is 1. The van der Waals surface area contributed by atoms with Crippen molar-refractivity contribution in [1.82, 2.24) is 5.32 Å². The summed E-state index contributed by atoms with van der Waals surface area (Å²) in [6.07, 6.45) is 1.95. The Morgan fingerprint density at radius 3 is 2.59 bits per heavy atom. The molecule has 2 atom stereocenters. The van der Waals surface area contributed by atoms with E-state index in [1.54, 1.807) is 0 Å². The van der Waals surface area contributed by atoms with Crippen molar-refractivity contribution >= 4 is 44.1 Å². The van der Waals surface area contributed by atoms with Gasteiger partial charge in [-0.05, 0) is 37.5 Å². The number of carbonyl (C=O) groups is 1. The van der Waals surface area contributed by atoms with Crippen molar-refractivity contribution in [3.63, 3.8) is 0 Å². The second kappa shape index (κ2) is 9.50. The van der Waals surface area contributed by atoms with Crippen molar-refractivity contribution in [2.45, 2.75) is 31.8 Å². The predicted octanol–water partition coefficient (Wildman–Crippen LogP) is 1.68. The summed E-state index contributed by atoms with van der Waals surface area (Å²) in [5.41, 5.74) is 6.81. The first-order valence-electron chi connectivity index (χ1n) is 6.65. The van der Waals surface area contributed by atoms with Crippen LogP contribution in [-0.2, 0) is 21.1 Å². The second-order valence-corrected chi connectivity index (χ2v) is 8.44. The monoisotopic (exact) mass is 412 g/mol. The van der Waals surface area contributed by atoms with E-state index < -0.39 is 15.9 Å². The molecule has 0 aliphatic rings. The van der Waals surface area contributed by atoms with Gasteiger partial charge in [0.1, 0.15) is 9.84 Å². The van der Waals surface area contributed by atoms with Gasteiger partial charge in [0.15, 0.2) is 0 Å². The fourth-order valence-corrected chi connectivity index (χ4v) is 3.02. The highest BCUT2D eigenvalue weighted by molar-refractivity contribution is 9.10. The molecule has 1 rings (SSSR count). The lowest BCUT2D eigenvalue weighted by atomic mass is 10.1. The smallest absolute Gasteiger partial charge is 0.237 e. The van der Waals surface area contributed by atoms with E-state index in [4.69, 9.17) is 5.73 Å². The number of sulfone groups is 1. The van der Waals surface area contributed by atoms with Crippen LogP contribution in [0.2, 0.25) is 0 Å². The second-order valence-electron chi connectivity index (χ2n) is 5.27. The van der Waals surface area contributed by atoms with Crippen LogP contribution >= 0.6 is 28.3 Å². The third-order valence-electron chi connectivity index (χ3n) is 2.96. The van der Waals surface area contributed by atoms with Gasteiger partial charge in [0, 0.05) is 16.8 Å². The number of benzene rings is 1. The summed E-state index contributed by atoms with van der Waals surface area (Å²) in [5.74, 6) is -0.400. The molecule has 1 amide bonds. The fourth-order valence-electron chi connectivity index (χ4n) is 1.89. The van der Waals surface area contributed by atoms with Crippen molar-refractivity contribution in [2.75, 3.05) is 12.0 Å². The van der Waals surface area contributed by atoms with E-state index in [0.29, 0.717) is 6.42 Å². The van der Waals surface area contributed by atoms with Crippen LogP contribution in [0.1, 0.15) is 18.9 Å². The minimum atomic E-state index is -3.10. The van der Waals surface area contributed by atoms with Crippen LogP contribution in [0.25, 0.3) is 0 Å². The Bertz CT molecular complexity index is 596. The van der Waals surface area contributed by atoms with E-state index >= 15 is 0 Å². The van der Waals surface area contributed by atoms with Gasteiger partial charge in [0.2, 0.25) is 5.91 Å².